The number of hydrogen-bond acceptors (Lipinski definition) is 3. The third kappa shape index (κ3) is 3.14. The molecule has 1 saturated heterocycles. The zero-order valence-corrected chi connectivity index (χ0v) is 14.2. The van der Waals surface area contributed by atoms with Crippen LogP contribution in [0.4, 0.5) is 0 Å². The molecule has 1 N–H and O–H groups in total. The highest BCUT2D eigenvalue weighted by Gasteiger charge is 2.14. The number of piperidine rings is 1. The molecule has 1 aliphatic rings. The lowest BCUT2D eigenvalue weighted by molar-refractivity contribution is 0.134. The Hall–Kier alpha value is -1.42. The van der Waals surface area contributed by atoms with Crippen molar-refractivity contribution in [3.8, 4) is 0 Å². The molecule has 1 unspecified atom stereocenters. The minimum Gasteiger partial charge on any atom is -0.388 e. The third-order valence-corrected chi connectivity index (χ3v) is 6.10. The molecule has 1 atom stereocenters. The molecule has 1 aromatic heterocycles. The average Bonchev–Trinajstić information content (AvgIpc) is 2.98. The second kappa shape index (κ2) is 6.60. The van der Waals surface area contributed by atoms with E-state index in [1.807, 2.05) is 11.3 Å². The van der Waals surface area contributed by atoms with Gasteiger partial charge in [0, 0.05) is 26.7 Å². The van der Waals surface area contributed by atoms with Crippen LogP contribution >= 0.6 is 11.3 Å². The fourth-order valence-corrected chi connectivity index (χ4v) is 4.69. The standard InChI is InChI=1S/C20H23NOS/c22-18(10-13-21-11-4-1-5-12-21)15-8-9-20-17(14-15)16-6-2-3-7-19(16)23-20/h2-3,6-9,14,18,22H,1,4-5,10-13H2. The van der Waals surface area contributed by atoms with Gasteiger partial charge in [-0.25, -0.2) is 0 Å². The molecule has 120 valence electrons. The van der Waals surface area contributed by atoms with Crippen LogP contribution in [0.5, 0.6) is 0 Å². The number of hydrogen-bond donors (Lipinski definition) is 1. The van der Waals surface area contributed by atoms with Crippen LogP contribution in [-0.2, 0) is 0 Å². The maximum atomic E-state index is 10.6. The second-order valence-electron chi connectivity index (χ2n) is 6.56. The monoisotopic (exact) mass is 325 g/mol. The van der Waals surface area contributed by atoms with Gasteiger partial charge >= 0.3 is 0 Å². The first-order valence-corrected chi connectivity index (χ1v) is 9.44. The van der Waals surface area contributed by atoms with Gasteiger partial charge in [-0.3, -0.25) is 0 Å². The molecule has 2 nitrogen and oxygen atoms in total. The number of aliphatic hydroxyl groups is 1. The van der Waals surface area contributed by atoms with Gasteiger partial charge in [-0.15, -0.1) is 11.3 Å². The van der Waals surface area contributed by atoms with Gasteiger partial charge in [0.1, 0.15) is 0 Å². The molecule has 0 saturated carbocycles. The van der Waals surface area contributed by atoms with Gasteiger partial charge in [-0.2, -0.15) is 0 Å². The van der Waals surface area contributed by atoms with E-state index in [4.69, 9.17) is 0 Å². The van der Waals surface area contributed by atoms with E-state index in [-0.39, 0.29) is 6.10 Å². The third-order valence-electron chi connectivity index (χ3n) is 4.95. The SMILES string of the molecule is OC(CCN1CCCCC1)c1ccc2sc3ccccc3c2c1. The predicted molar refractivity (Wildman–Crippen MR) is 99.2 cm³/mol. The van der Waals surface area contributed by atoms with E-state index in [1.54, 1.807) is 0 Å². The van der Waals surface area contributed by atoms with Crippen LogP contribution in [0.3, 0.4) is 0 Å². The van der Waals surface area contributed by atoms with Crippen molar-refractivity contribution >= 4 is 31.5 Å². The van der Waals surface area contributed by atoms with Crippen LogP contribution < -0.4 is 0 Å². The Morgan fingerprint density at radius 1 is 0.957 bits per heavy atom. The summed E-state index contributed by atoms with van der Waals surface area (Å²) in [7, 11) is 0. The van der Waals surface area contributed by atoms with Crippen molar-refractivity contribution in [3.05, 3.63) is 48.0 Å². The van der Waals surface area contributed by atoms with Crippen molar-refractivity contribution in [3.63, 3.8) is 0 Å². The zero-order chi connectivity index (χ0) is 15.6. The number of aliphatic hydroxyl groups excluding tert-OH is 1. The number of rotatable bonds is 4. The molecule has 0 radical (unpaired) electrons. The minimum absolute atomic E-state index is 0.361. The Balaban J connectivity index is 1.54. The maximum absolute atomic E-state index is 10.6. The number of thiophene rings is 1. The van der Waals surface area contributed by atoms with Gasteiger partial charge in [-0.05, 0) is 56.1 Å². The van der Waals surface area contributed by atoms with Gasteiger partial charge in [0.25, 0.3) is 0 Å². The van der Waals surface area contributed by atoms with Gasteiger partial charge in [-0.1, -0.05) is 30.7 Å². The molecule has 0 spiro atoms. The van der Waals surface area contributed by atoms with Gasteiger partial charge in [0.05, 0.1) is 6.10 Å². The highest BCUT2D eigenvalue weighted by molar-refractivity contribution is 7.25. The molecular formula is C20H23NOS. The summed E-state index contributed by atoms with van der Waals surface area (Å²) < 4.78 is 2.63. The van der Waals surface area contributed by atoms with E-state index < -0.39 is 0 Å². The molecule has 0 bridgehead atoms. The minimum atomic E-state index is -0.361. The summed E-state index contributed by atoms with van der Waals surface area (Å²) in [5.74, 6) is 0. The average molecular weight is 325 g/mol. The van der Waals surface area contributed by atoms with Crippen molar-refractivity contribution in [2.45, 2.75) is 31.8 Å². The number of fused-ring (bicyclic) bond motifs is 3. The Labute approximate surface area is 141 Å². The lowest BCUT2D eigenvalue weighted by atomic mass is 10.0. The lowest BCUT2D eigenvalue weighted by Gasteiger charge is -2.27. The van der Waals surface area contributed by atoms with Gasteiger partial charge < -0.3 is 10.0 Å². The molecular weight excluding hydrogens is 302 g/mol. The van der Waals surface area contributed by atoms with Crippen molar-refractivity contribution in [1.29, 1.82) is 0 Å². The van der Waals surface area contributed by atoms with Gasteiger partial charge in [0.2, 0.25) is 0 Å². The normalized spacial score (nSPS) is 17.8. The zero-order valence-electron chi connectivity index (χ0n) is 13.4. The number of benzene rings is 2. The molecule has 2 aromatic carbocycles. The first-order chi connectivity index (χ1) is 11.3. The Bertz CT molecular complexity index is 804. The van der Waals surface area contributed by atoms with Crippen molar-refractivity contribution in [1.82, 2.24) is 4.90 Å². The van der Waals surface area contributed by atoms with Crippen LogP contribution in [0, 0.1) is 0 Å². The van der Waals surface area contributed by atoms with Crippen molar-refractivity contribution in [2.24, 2.45) is 0 Å². The summed E-state index contributed by atoms with van der Waals surface area (Å²) in [5.41, 5.74) is 1.05. The molecule has 23 heavy (non-hydrogen) atoms. The van der Waals surface area contributed by atoms with Crippen LogP contribution in [-0.4, -0.2) is 29.6 Å². The molecule has 0 amide bonds. The van der Waals surface area contributed by atoms with Crippen LogP contribution in [0.2, 0.25) is 0 Å². The fourth-order valence-electron chi connectivity index (χ4n) is 3.61. The Morgan fingerprint density at radius 2 is 1.74 bits per heavy atom. The van der Waals surface area contributed by atoms with Crippen LogP contribution in [0.25, 0.3) is 20.2 Å². The summed E-state index contributed by atoms with van der Waals surface area (Å²) in [6.07, 6.45) is 4.44. The molecule has 3 aromatic rings. The van der Waals surface area contributed by atoms with E-state index >= 15 is 0 Å². The lowest BCUT2D eigenvalue weighted by Crippen LogP contribution is -2.31. The largest absolute Gasteiger partial charge is 0.388 e. The summed E-state index contributed by atoms with van der Waals surface area (Å²) in [6.45, 7) is 3.39. The summed E-state index contributed by atoms with van der Waals surface area (Å²) >= 11 is 1.83. The van der Waals surface area contributed by atoms with E-state index in [0.29, 0.717) is 0 Å². The van der Waals surface area contributed by atoms with Crippen LogP contribution in [0.15, 0.2) is 42.5 Å². The quantitative estimate of drug-likeness (QED) is 0.732. The predicted octanol–water partition coefficient (Wildman–Crippen LogP) is 4.96. The van der Waals surface area contributed by atoms with E-state index in [2.05, 4.69) is 47.4 Å². The molecule has 1 aliphatic heterocycles. The highest BCUT2D eigenvalue weighted by Crippen LogP contribution is 2.35. The number of likely N-dealkylation sites (tertiary alicyclic amines) is 1. The summed E-state index contributed by atoms with van der Waals surface area (Å²) in [5, 5.41) is 13.2. The fraction of sp³-hybridized carbons (Fsp3) is 0.400. The molecule has 3 heteroatoms. The smallest absolute Gasteiger partial charge is 0.0802 e. The second-order valence-corrected chi connectivity index (χ2v) is 7.64. The van der Waals surface area contributed by atoms with E-state index in [1.165, 1.54) is 52.5 Å². The highest BCUT2D eigenvalue weighted by atomic mass is 32.1. The molecule has 2 heterocycles. The van der Waals surface area contributed by atoms with Crippen molar-refractivity contribution < 1.29 is 5.11 Å². The molecule has 4 rings (SSSR count). The molecule has 1 fully saturated rings. The van der Waals surface area contributed by atoms with E-state index in [9.17, 15) is 5.11 Å². The first-order valence-electron chi connectivity index (χ1n) is 8.63. The summed E-state index contributed by atoms with van der Waals surface area (Å²) in [6, 6.07) is 15.0. The Morgan fingerprint density at radius 3 is 2.61 bits per heavy atom. The van der Waals surface area contributed by atoms with Crippen molar-refractivity contribution in [2.75, 3.05) is 19.6 Å². The van der Waals surface area contributed by atoms with E-state index in [0.717, 1.165) is 18.5 Å². The maximum Gasteiger partial charge on any atom is 0.0802 e. The molecule has 0 aliphatic carbocycles. The number of nitrogens with zero attached hydrogens (tertiary/aromatic N) is 1. The topological polar surface area (TPSA) is 23.5 Å². The summed E-state index contributed by atoms with van der Waals surface area (Å²) in [4.78, 5) is 2.49. The first kappa shape index (κ1) is 15.1. The van der Waals surface area contributed by atoms with Crippen LogP contribution in [0.1, 0.15) is 37.4 Å². The van der Waals surface area contributed by atoms with Gasteiger partial charge in [0.15, 0.2) is 0 Å². The Kier molecular flexibility index (Phi) is 4.34.